The van der Waals surface area contributed by atoms with Crippen LogP contribution in [0.2, 0.25) is 0 Å². The average molecular weight is 182 g/mol. The van der Waals surface area contributed by atoms with E-state index in [9.17, 15) is 0 Å². The van der Waals surface area contributed by atoms with E-state index in [0.717, 1.165) is 24.4 Å². The molecule has 2 fully saturated rings. The van der Waals surface area contributed by atoms with Crippen LogP contribution in [0.25, 0.3) is 0 Å². The molecule has 3 unspecified atom stereocenters. The van der Waals surface area contributed by atoms with Crippen LogP contribution in [0.15, 0.2) is 0 Å². The van der Waals surface area contributed by atoms with Gasteiger partial charge >= 0.3 is 0 Å². The second-order valence-corrected chi connectivity index (χ2v) is 4.85. The molecule has 0 saturated carbocycles. The zero-order valence-corrected chi connectivity index (χ0v) is 8.87. The van der Waals surface area contributed by atoms with Gasteiger partial charge in [-0.3, -0.25) is 0 Å². The molecular formula is C11H22N2. The number of hydrogen-bond acceptors (Lipinski definition) is 2. The normalized spacial score (nSPS) is 42.2. The van der Waals surface area contributed by atoms with Crippen LogP contribution in [0.4, 0.5) is 0 Å². The van der Waals surface area contributed by atoms with Gasteiger partial charge in [0.15, 0.2) is 0 Å². The van der Waals surface area contributed by atoms with Crippen LogP contribution in [-0.4, -0.2) is 30.1 Å². The van der Waals surface area contributed by atoms with Gasteiger partial charge in [0, 0.05) is 18.1 Å². The van der Waals surface area contributed by atoms with Crippen LogP contribution in [0.1, 0.15) is 39.0 Å². The van der Waals surface area contributed by atoms with E-state index in [0.29, 0.717) is 6.04 Å². The lowest BCUT2D eigenvalue weighted by Crippen LogP contribution is -2.45. The third-order valence-corrected chi connectivity index (χ3v) is 4.21. The maximum absolute atomic E-state index is 6.13. The lowest BCUT2D eigenvalue weighted by atomic mass is 9.84. The highest BCUT2D eigenvalue weighted by molar-refractivity contribution is 4.95. The van der Waals surface area contributed by atoms with Crippen molar-refractivity contribution < 1.29 is 0 Å². The van der Waals surface area contributed by atoms with Gasteiger partial charge in [-0.05, 0) is 45.1 Å². The van der Waals surface area contributed by atoms with Crippen LogP contribution < -0.4 is 5.73 Å². The van der Waals surface area contributed by atoms with Gasteiger partial charge in [0.1, 0.15) is 0 Å². The van der Waals surface area contributed by atoms with Crippen LogP contribution in [0.5, 0.6) is 0 Å². The number of hydrogen-bond donors (Lipinski definition) is 1. The monoisotopic (exact) mass is 182 g/mol. The Morgan fingerprint density at radius 3 is 2.31 bits per heavy atom. The highest BCUT2D eigenvalue weighted by atomic mass is 15.2. The van der Waals surface area contributed by atoms with Gasteiger partial charge in [-0.1, -0.05) is 6.92 Å². The molecule has 3 atom stereocenters. The molecule has 2 aliphatic heterocycles. The quantitative estimate of drug-likeness (QED) is 0.703. The number of piperidine rings is 1. The van der Waals surface area contributed by atoms with E-state index in [2.05, 4.69) is 18.9 Å². The summed E-state index contributed by atoms with van der Waals surface area (Å²) in [4.78, 5) is 2.58. The largest absolute Gasteiger partial charge is 0.327 e. The van der Waals surface area contributed by atoms with Crippen LogP contribution in [0, 0.1) is 5.92 Å². The van der Waals surface area contributed by atoms with Crippen molar-refractivity contribution in [3.63, 3.8) is 0 Å². The minimum atomic E-state index is 0.455. The van der Waals surface area contributed by atoms with E-state index < -0.39 is 0 Å². The molecule has 0 amide bonds. The molecule has 76 valence electrons. The molecule has 13 heavy (non-hydrogen) atoms. The predicted molar refractivity (Wildman–Crippen MR) is 55.6 cm³/mol. The minimum absolute atomic E-state index is 0.455. The van der Waals surface area contributed by atoms with E-state index in [4.69, 9.17) is 5.73 Å². The molecule has 0 aliphatic carbocycles. The zero-order valence-electron chi connectivity index (χ0n) is 8.87. The first-order chi connectivity index (χ1) is 6.22. The second-order valence-electron chi connectivity index (χ2n) is 4.85. The smallest absolute Gasteiger partial charge is 0.00989 e. The molecule has 0 spiro atoms. The second kappa shape index (κ2) is 3.58. The summed E-state index contributed by atoms with van der Waals surface area (Å²) >= 11 is 0. The number of rotatable bonds is 2. The Bertz CT molecular complexity index is 167. The van der Waals surface area contributed by atoms with Gasteiger partial charge in [0.2, 0.25) is 0 Å². The van der Waals surface area contributed by atoms with E-state index in [1.807, 2.05) is 0 Å². The molecule has 2 N–H and O–H groups in total. The summed E-state index contributed by atoms with van der Waals surface area (Å²) in [6, 6.07) is 2.15. The molecule has 2 saturated heterocycles. The van der Waals surface area contributed by atoms with E-state index in [1.165, 1.54) is 25.7 Å². The molecule has 0 aromatic carbocycles. The fourth-order valence-electron chi connectivity index (χ4n) is 3.14. The molecular weight excluding hydrogens is 160 g/mol. The number of nitrogens with two attached hydrogens (primary N) is 1. The Balaban J connectivity index is 1.98. The van der Waals surface area contributed by atoms with Gasteiger partial charge in [0.25, 0.3) is 0 Å². The molecule has 2 heteroatoms. The van der Waals surface area contributed by atoms with Gasteiger partial charge in [0.05, 0.1) is 0 Å². The summed E-state index contributed by atoms with van der Waals surface area (Å²) in [6.07, 6.45) is 6.67. The maximum Gasteiger partial charge on any atom is 0.00989 e. The molecule has 2 aliphatic rings. The first kappa shape index (κ1) is 9.47. The molecule has 2 rings (SSSR count). The third-order valence-electron chi connectivity index (χ3n) is 4.21. The van der Waals surface area contributed by atoms with Crippen LogP contribution >= 0.6 is 0 Å². The average Bonchev–Trinajstić information content (AvgIpc) is 2.42. The Kier molecular flexibility index (Phi) is 2.61. The Hall–Kier alpha value is -0.0800. The van der Waals surface area contributed by atoms with Gasteiger partial charge in [-0.2, -0.15) is 0 Å². The topological polar surface area (TPSA) is 29.3 Å². The SMILES string of the molecule is CCC(N)C1CC2CCC(C1)N2C. The van der Waals surface area contributed by atoms with Crippen molar-refractivity contribution in [1.29, 1.82) is 0 Å². The van der Waals surface area contributed by atoms with Crippen molar-refractivity contribution in [1.82, 2.24) is 4.90 Å². The fourth-order valence-corrected chi connectivity index (χ4v) is 3.14. The summed E-state index contributed by atoms with van der Waals surface area (Å²) in [5, 5.41) is 0. The minimum Gasteiger partial charge on any atom is -0.327 e. The van der Waals surface area contributed by atoms with Crippen molar-refractivity contribution in [3.05, 3.63) is 0 Å². The molecule has 2 bridgehead atoms. The van der Waals surface area contributed by atoms with Crippen molar-refractivity contribution in [3.8, 4) is 0 Å². The van der Waals surface area contributed by atoms with Crippen molar-refractivity contribution >= 4 is 0 Å². The van der Waals surface area contributed by atoms with Crippen LogP contribution in [-0.2, 0) is 0 Å². The maximum atomic E-state index is 6.13. The predicted octanol–water partition coefficient (Wildman–Crippen LogP) is 1.60. The highest BCUT2D eigenvalue weighted by Crippen LogP contribution is 2.38. The molecule has 2 heterocycles. The summed E-state index contributed by atoms with van der Waals surface area (Å²) in [5.74, 6) is 0.804. The van der Waals surface area contributed by atoms with Gasteiger partial charge in [-0.15, -0.1) is 0 Å². The fraction of sp³-hybridized carbons (Fsp3) is 1.00. The van der Waals surface area contributed by atoms with Crippen molar-refractivity contribution in [2.75, 3.05) is 7.05 Å². The zero-order chi connectivity index (χ0) is 9.42. The standard InChI is InChI=1S/C11H22N2/c1-3-11(12)8-6-9-4-5-10(7-8)13(9)2/h8-11H,3-7,12H2,1-2H3. The van der Waals surface area contributed by atoms with Gasteiger partial charge in [-0.25, -0.2) is 0 Å². The summed E-state index contributed by atoms with van der Waals surface area (Å²) in [7, 11) is 2.29. The van der Waals surface area contributed by atoms with Gasteiger partial charge < -0.3 is 10.6 Å². The molecule has 0 radical (unpaired) electrons. The summed E-state index contributed by atoms with van der Waals surface area (Å²) < 4.78 is 0. The summed E-state index contributed by atoms with van der Waals surface area (Å²) in [6.45, 7) is 2.21. The first-order valence-electron chi connectivity index (χ1n) is 5.70. The first-order valence-corrected chi connectivity index (χ1v) is 5.70. The van der Waals surface area contributed by atoms with Crippen molar-refractivity contribution in [2.45, 2.75) is 57.2 Å². The Morgan fingerprint density at radius 1 is 1.31 bits per heavy atom. The lowest BCUT2D eigenvalue weighted by molar-refractivity contribution is 0.120. The highest BCUT2D eigenvalue weighted by Gasteiger charge is 2.39. The van der Waals surface area contributed by atoms with Crippen LogP contribution in [0.3, 0.4) is 0 Å². The number of nitrogens with zero attached hydrogens (tertiary/aromatic N) is 1. The molecule has 0 aromatic rings. The Labute approximate surface area is 81.5 Å². The van der Waals surface area contributed by atoms with E-state index in [1.54, 1.807) is 0 Å². The van der Waals surface area contributed by atoms with Crippen molar-refractivity contribution in [2.24, 2.45) is 11.7 Å². The molecule has 0 aromatic heterocycles. The lowest BCUT2D eigenvalue weighted by Gasteiger charge is -2.38. The summed E-state index contributed by atoms with van der Waals surface area (Å²) in [5.41, 5.74) is 6.13. The Morgan fingerprint density at radius 2 is 1.85 bits per heavy atom. The third kappa shape index (κ3) is 1.62. The van der Waals surface area contributed by atoms with E-state index >= 15 is 0 Å². The molecule has 2 nitrogen and oxygen atoms in total. The number of fused-ring (bicyclic) bond motifs is 2. The van der Waals surface area contributed by atoms with E-state index in [-0.39, 0.29) is 0 Å².